The van der Waals surface area contributed by atoms with E-state index in [-0.39, 0.29) is 37.8 Å². The fourth-order valence-corrected chi connectivity index (χ4v) is 2.30. The van der Waals surface area contributed by atoms with Crippen LogP contribution in [0.25, 0.3) is 0 Å². The first-order valence-corrected chi connectivity index (χ1v) is 8.47. The van der Waals surface area contributed by atoms with Gasteiger partial charge in [-0.2, -0.15) is 0 Å². The van der Waals surface area contributed by atoms with E-state index in [0.29, 0.717) is 12.3 Å². The molecule has 26 heavy (non-hydrogen) atoms. The SMILES string of the molecule is COc1ccc(OCOC(=O)NCCCCc2ccc(Cl)cc2)cc1.[H-].[Na+]. The normalized spacial score (nSPS) is 9.77. The molecule has 136 valence electrons. The number of hydrogen-bond acceptors (Lipinski definition) is 4. The Morgan fingerprint density at radius 3 is 2.35 bits per heavy atom. The number of ether oxygens (including phenoxy) is 3. The topological polar surface area (TPSA) is 56.8 Å². The van der Waals surface area contributed by atoms with E-state index in [1.165, 1.54) is 5.56 Å². The Balaban J connectivity index is 0.00000338. The number of amides is 1. The van der Waals surface area contributed by atoms with Crippen LogP contribution in [0.1, 0.15) is 19.8 Å². The van der Waals surface area contributed by atoms with Gasteiger partial charge in [0.05, 0.1) is 7.11 Å². The van der Waals surface area contributed by atoms with E-state index in [2.05, 4.69) is 5.32 Å². The van der Waals surface area contributed by atoms with Crippen molar-refractivity contribution in [2.24, 2.45) is 0 Å². The first kappa shape index (κ1) is 22.6. The van der Waals surface area contributed by atoms with Crippen LogP contribution in [0.4, 0.5) is 4.79 Å². The van der Waals surface area contributed by atoms with Crippen LogP contribution in [0.3, 0.4) is 0 Å². The minimum atomic E-state index is -0.486. The second-order valence-corrected chi connectivity index (χ2v) is 5.82. The third kappa shape index (κ3) is 8.81. The Hall–Kier alpha value is -1.40. The molecule has 0 heterocycles. The third-order valence-electron chi connectivity index (χ3n) is 3.55. The predicted octanol–water partition coefficient (Wildman–Crippen LogP) is 1.55. The molecule has 2 aromatic rings. The van der Waals surface area contributed by atoms with Gasteiger partial charge in [0.15, 0.2) is 0 Å². The van der Waals surface area contributed by atoms with Crippen LogP contribution in [0.15, 0.2) is 48.5 Å². The zero-order chi connectivity index (χ0) is 17.9. The van der Waals surface area contributed by atoms with Crippen molar-refractivity contribution >= 4 is 17.7 Å². The van der Waals surface area contributed by atoms with Crippen molar-refractivity contribution in [2.45, 2.75) is 19.3 Å². The van der Waals surface area contributed by atoms with Crippen molar-refractivity contribution in [3.8, 4) is 11.5 Å². The smallest absolute Gasteiger partial charge is 1.00 e. The molecule has 0 aliphatic heterocycles. The third-order valence-corrected chi connectivity index (χ3v) is 3.80. The molecule has 0 unspecified atom stereocenters. The molecule has 7 heteroatoms. The van der Waals surface area contributed by atoms with Gasteiger partial charge < -0.3 is 21.0 Å². The first-order valence-electron chi connectivity index (χ1n) is 8.09. The zero-order valence-corrected chi connectivity index (χ0v) is 17.9. The molecule has 1 N–H and O–H groups in total. The van der Waals surface area contributed by atoms with Gasteiger partial charge in [-0.05, 0) is 61.2 Å². The maximum absolute atomic E-state index is 11.6. The van der Waals surface area contributed by atoms with Gasteiger partial charge >= 0.3 is 35.7 Å². The van der Waals surface area contributed by atoms with Gasteiger partial charge in [0.25, 0.3) is 0 Å². The molecule has 0 saturated carbocycles. The Labute approximate surface area is 182 Å². The average Bonchev–Trinajstić information content (AvgIpc) is 2.63. The number of rotatable bonds is 9. The number of alkyl carbamates (subject to hydrolysis) is 1. The maximum atomic E-state index is 11.6. The molecule has 0 aliphatic rings. The molecular formula is C19H23ClNNaO4. The summed E-state index contributed by atoms with van der Waals surface area (Å²) >= 11 is 5.85. The molecule has 0 spiro atoms. The molecule has 0 aromatic heterocycles. The molecule has 0 fully saturated rings. The van der Waals surface area contributed by atoms with Gasteiger partial charge in [-0.1, -0.05) is 23.7 Å². The van der Waals surface area contributed by atoms with Gasteiger partial charge in [0.2, 0.25) is 6.79 Å². The zero-order valence-electron chi connectivity index (χ0n) is 16.2. The van der Waals surface area contributed by atoms with Gasteiger partial charge in [-0.25, -0.2) is 4.79 Å². The predicted molar refractivity (Wildman–Crippen MR) is 98.5 cm³/mol. The van der Waals surface area contributed by atoms with E-state index in [9.17, 15) is 4.79 Å². The summed E-state index contributed by atoms with van der Waals surface area (Å²) in [6.07, 6.45) is 2.32. The number of methoxy groups -OCH3 is 1. The monoisotopic (exact) mass is 387 g/mol. The summed E-state index contributed by atoms with van der Waals surface area (Å²) in [5.41, 5.74) is 1.24. The van der Waals surface area contributed by atoms with E-state index >= 15 is 0 Å². The summed E-state index contributed by atoms with van der Waals surface area (Å²) in [5.74, 6) is 1.35. The molecule has 2 rings (SSSR count). The molecule has 0 bridgehead atoms. The van der Waals surface area contributed by atoms with E-state index in [1.807, 2.05) is 24.3 Å². The van der Waals surface area contributed by atoms with Gasteiger partial charge in [-0.15, -0.1) is 0 Å². The minimum Gasteiger partial charge on any atom is -1.00 e. The standard InChI is InChI=1S/C19H22ClNO4.Na.H/c1-23-17-9-11-18(12-10-17)24-14-25-19(22)21-13-3-2-4-15-5-7-16(20)8-6-15;;/h5-12H,2-4,13-14H2,1H3,(H,21,22);;/q;+1;-1. The Morgan fingerprint density at radius 2 is 1.69 bits per heavy atom. The van der Waals surface area contributed by atoms with Crippen LogP contribution in [-0.4, -0.2) is 26.5 Å². The number of aryl methyl sites for hydroxylation is 1. The minimum absolute atomic E-state index is 0. The number of carbonyl (C=O) groups excluding carboxylic acids is 1. The van der Waals surface area contributed by atoms with E-state index < -0.39 is 6.09 Å². The average molecular weight is 388 g/mol. The van der Waals surface area contributed by atoms with Crippen molar-refractivity contribution in [3.05, 3.63) is 59.1 Å². The fraction of sp³-hybridized carbons (Fsp3) is 0.316. The molecule has 2 aromatic carbocycles. The van der Waals surface area contributed by atoms with Crippen molar-refractivity contribution < 1.29 is 50.0 Å². The van der Waals surface area contributed by atoms with Crippen LogP contribution in [0, 0.1) is 0 Å². The number of unbranched alkanes of at least 4 members (excludes halogenated alkanes) is 1. The summed E-state index contributed by atoms with van der Waals surface area (Å²) in [5, 5.41) is 3.44. The molecular weight excluding hydrogens is 365 g/mol. The van der Waals surface area contributed by atoms with E-state index in [4.69, 9.17) is 25.8 Å². The fourth-order valence-electron chi connectivity index (χ4n) is 2.17. The van der Waals surface area contributed by atoms with Crippen LogP contribution in [0.5, 0.6) is 11.5 Å². The van der Waals surface area contributed by atoms with Crippen LogP contribution >= 0.6 is 11.6 Å². The molecule has 0 radical (unpaired) electrons. The van der Waals surface area contributed by atoms with Gasteiger partial charge in [-0.3, -0.25) is 0 Å². The van der Waals surface area contributed by atoms with E-state index in [0.717, 1.165) is 30.0 Å². The van der Waals surface area contributed by atoms with Gasteiger partial charge in [0.1, 0.15) is 11.5 Å². The molecule has 0 atom stereocenters. The summed E-state index contributed by atoms with van der Waals surface area (Å²) in [7, 11) is 1.60. The van der Waals surface area contributed by atoms with Crippen LogP contribution in [-0.2, 0) is 11.2 Å². The number of carbonyl (C=O) groups is 1. The number of hydrogen-bond donors (Lipinski definition) is 1. The summed E-state index contributed by atoms with van der Waals surface area (Å²) < 4.78 is 15.3. The quantitative estimate of drug-likeness (QED) is 0.403. The summed E-state index contributed by atoms with van der Waals surface area (Å²) in [6, 6.07) is 14.8. The summed E-state index contributed by atoms with van der Waals surface area (Å²) in [6.45, 7) is 0.428. The molecule has 5 nitrogen and oxygen atoms in total. The molecule has 1 amide bonds. The van der Waals surface area contributed by atoms with E-state index in [1.54, 1.807) is 31.4 Å². The van der Waals surface area contributed by atoms with Crippen molar-refractivity contribution in [1.82, 2.24) is 5.32 Å². The Bertz CT molecular complexity index is 656. The van der Waals surface area contributed by atoms with Crippen LogP contribution in [0.2, 0.25) is 5.02 Å². The second kappa shape index (κ2) is 12.9. The summed E-state index contributed by atoms with van der Waals surface area (Å²) in [4.78, 5) is 11.6. The largest absolute Gasteiger partial charge is 1.00 e. The maximum Gasteiger partial charge on any atom is 1.00 e. The van der Waals surface area contributed by atoms with Crippen molar-refractivity contribution in [1.29, 1.82) is 0 Å². The van der Waals surface area contributed by atoms with Gasteiger partial charge in [0, 0.05) is 11.6 Å². The number of benzene rings is 2. The first-order chi connectivity index (χ1) is 12.2. The number of halogens is 1. The molecule has 0 saturated heterocycles. The van der Waals surface area contributed by atoms with Crippen molar-refractivity contribution in [3.63, 3.8) is 0 Å². The molecule has 0 aliphatic carbocycles. The second-order valence-electron chi connectivity index (χ2n) is 5.38. The van der Waals surface area contributed by atoms with Crippen molar-refractivity contribution in [2.75, 3.05) is 20.4 Å². The Kier molecular flexibility index (Phi) is 11.2. The Morgan fingerprint density at radius 1 is 1.04 bits per heavy atom. The van der Waals surface area contributed by atoms with Crippen LogP contribution < -0.4 is 44.3 Å². The number of nitrogens with one attached hydrogen (secondary N) is 1.